The number of hydrogen-bond acceptors (Lipinski definition) is 4. The molecule has 0 saturated carbocycles. The number of benzene rings is 1. The second-order valence-corrected chi connectivity index (χ2v) is 6.42. The molecule has 1 heterocycles. The van der Waals surface area contributed by atoms with Gasteiger partial charge in [0.1, 0.15) is 13.2 Å². The molecule has 1 aliphatic heterocycles. The van der Waals surface area contributed by atoms with Crippen LogP contribution >= 0.6 is 0 Å². The summed E-state index contributed by atoms with van der Waals surface area (Å²) < 4.78 is 38.7. The quantitative estimate of drug-likeness (QED) is 0.708. The fourth-order valence-corrected chi connectivity index (χ4v) is 3.04. The summed E-state index contributed by atoms with van der Waals surface area (Å²) in [4.78, 5) is 0. The Labute approximate surface area is 126 Å². The molecular weight excluding hydrogens is 292 g/mol. The van der Waals surface area contributed by atoms with Crippen LogP contribution in [0, 0.1) is 0 Å². The number of unbranched alkanes of at least 4 members (excludes halogenated alkanes) is 1. The first-order valence-electron chi connectivity index (χ1n) is 7.23. The van der Waals surface area contributed by atoms with E-state index in [-0.39, 0.29) is 0 Å². The molecule has 2 rings (SSSR count). The van der Waals surface area contributed by atoms with Gasteiger partial charge in [0.25, 0.3) is 10.2 Å². The van der Waals surface area contributed by atoms with Gasteiger partial charge in [-0.1, -0.05) is 13.0 Å². The topological polar surface area (TPSA) is 76.7 Å². The summed E-state index contributed by atoms with van der Waals surface area (Å²) in [5.41, 5.74) is 1.17. The maximum absolute atomic E-state index is 11.4. The zero-order chi connectivity index (χ0) is 15.1. The summed E-state index contributed by atoms with van der Waals surface area (Å²) in [6.07, 6.45) is 2.59. The van der Waals surface area contributed by atoms with Crippen molar-refractivity contribution in [3.05, 3.63) is 23.8 Å². The minimum absolute atomic E-state index is 0.395. The minimum Gasteiger partial charge on any atom is -0.486 e. The molecule has 0 unspecified atom stereocenters. The van der Waals surface area contributed by atoms with Gasteiger partial charge in [0, 0.05) is 13.1 Å². The van der Waals surface area contributed by atoms with Crippen molar-refractivity contribution in [3.63, 3.8) is 0 Å². The van der Waals surface area contributed by atoms with Crippen molar-refractivity contribution in [3.8, 4) is 11.5 Å². The molecule has 2 N–H and O–H groups in total. The molecule has 118 valence electrons. The highest BCUT2D eigenvalue weighted by atomic mass is 32.2. The lowest BCUT2D eigenvalue weighted by molar-refractivity contribution is 0.171. The Hall–Kier alpha value is -1.31. The summed E-state index contributed by atoms with van der Waals surface area (Å²) in [6.45, 7) is 3.77. The minimum atomic E-state index is -3.33. The van der Waals surface area contributed by atoms with Crippen LogP contribution in [0.1, 0.15) is 25.3 Å². The van der Waals surface area contributed by atoms with Crippen LogP contribution < -0.4 is 18.9 Å². The molecule has 0 aliphatic carbocycles. The van der Waals surface area contributed by atoms with Gasteiger partial charge in [-0.3, -0.25) is 0 Å². The van der Waals surface area contributed by atoms with Gasteiger partial charge in [0.05, 0.1) is 0 Å². The van der Waals surface area contributed by atoms with Crippen LogP contribution in [0.25, 0.3) is 0 Å². The smallest absolute Gasteiger partial charge is 0.276 e. The van der Waals surface area contributed by atoms with Gasteiger partial charge in [0.2, 0.25) is 0 Å². The van der Waals surface area contributed by atoms with Crippen molar-refractivity contribution < 1.29 is 17.9 Å². The summed E-state index contributed by atoms with van der Waals surface area (Å²) in [7, 11) is -3.33. The largest absolute Gasteiger partial charge is 0.486 e. The van der Waals surface area contributed by atoms with E-state index in [0.717, 1.165) is 30.8 Å². The Bertz CT molecular complexity index is 560. The standard InChI is InChI=1S/C14H22N2O4S/c1-2-15-21(17,18)16-8-4-3-5-12-6-7-13-14(11-12)20-10-9-19-13/h6-7,11,15-16H,2-5,8-10H2,1H3. The molecule has 0 spiro atoms. The third-order valence-electron chi connectivity index (χ3n) is 3.13. The normalized spacial score (nSPS) is 14.1. The predicted octanol–water partition coefficient (Wildman–Crippen LogP) is 1.22. The fourth-order valence-electron chi connectivity index (χ4n) is 2.14. The molecule has 1 aliphatic rings. The van der Waals surface area contributed by atoms with Crippen LogP contribution in [-0.4, -0.2) is 34.7 Å². The van der Waals surface area contributed by atoms with E-state index in [4.69, 9.17) is 9.47 Å². The van der Waals surface area contributed by atoms with Crippen molar-refractivity contribution in [1.82, 2.24) is 9.44 Å². The van der Waals surface area contributed by atoms with Gasteiger partial charge >= 0.3 is 0 Å². The maximum atomic E-state index is 11.4. The Morgan fingerprint density at radius 3 is 2.62 bits per heavy atom. The molecule has 7 heteroatoms. The molecule has 1 aromatic carbocycles. The Kier molecular flexibility index (Phi) is 5.84. The summed E-state index contributed by atoms with van der Waals surface area (Å²) >= 11 is 0. The third kappa shape index (κ3) is 5.18. The van der Waals surface area contributed by atoms with E-state index >= 15 is 0 Å². The lowest BCUT2D eigenvalue weighted by Crippen LogP contribution is -2.36. The van der Waals surface area contributed by atoms with Gasteiger partial charge in [-0.2, -0.15) is 8.42 Å². The van der Waals surface area contributed by atoms with Crippen LogP contribution in [0.4, 0.5) is 0 Å². The summed E-state index contributed by atoms with van der Waals surface area (Å²) in [5, 5.41) is 0. The van der Waals surface area contributed by atoms with Crippen LogP contribution in [0.5, 0.6) is 11.5 Å². The first-order chi connectivity index (χ1) is 10.1. The molecule has 6 nitrogen and oxygen atoms in total. The van der Waals surface area contributed by atoms with Crippen LogP contribution in [-0.2, 0) is 16.6 Å². The molecule has 0 radical (unpaired) electrons. The monoisotopic (exact) mass is 314 g/mol. The van der Waals surface area contributed by atoms with Crippen molar-refractivity contribution >= 4 is 10.2 Å². The number of nitrogens with one attached hydrogen (secondary N) is 2. The van der Waals surface area contributed by atoms with E-state index in [0.29, 0.717) is 26.3 Å². The van der Waals surface area contributed by atoms with Gasteiger partial charge < -0.3 is 9.47 Å². The Morgan fingerprint density at radius 2 is 1.86 bits per heavy atom. The highest BCUT2D eigenvalue weighted by Gasteiger charge is 2.11. The SMILES string of the molecule is CCNS(=O)(=O)NCCCCc1ccc2c(c1)OCCO2. The van der Waals surface area contributed by atoms with Crippen LogP contribution in [0.3, 0.4) is 0 Å². The molecule has 0 fully saturated rings. The molecule has 0 atom stereocenters. The molecule has 1 aromatic rings. The number of ether oxygens (including phenoxy) is 2. The van der Waals surface area contributed by atoms with Crippen molar-refractivity contribution in [2.75, 3.05) is 26.3 Å². The van der Waals surface area contributed by atoms with Gasteiger partial charge in [-0.25, -0.2) is 9.44 Å². The second-order valence-electron chi connectivity index (χ2n) is 4.83. The average Bonchev–Trinajstić information content (AvgIpc) is 2.46. The second kappa shape index (κ2) is 7.63. The van der Waals surface area contributed by atoms with Crippen molar-refractivity contribution in [2.24, 2.45) is 0 Å². The lowest BCUT2D eigenvalue weighted by atomic mass is 10.1. The molecule has 0 bridgehead atoms. The van der Waals surface area contributed by atoms with Crippen LogP contribution in [0.2, 0.25) is 0 Å². The molecule has 0 aromatic heterocycles. The maximum Gasteiger partial charge on any atom is 0.276 e. The molecular formula is C14H22N2O4S. The van der Waals surface area contributed by atoms with Crippen molar-refractivity contribution in [2.45, 2.75) is 26.2 Å². The van der Waals surface area contributed by atoms with Crippen LogP contribution in [0.15, 0.2) is 18.2 Å². The predicted molar refractivity (Wildman–Crippen MR) is 81.0 cm³/mol. The lowest BCUT2D eigenvalue weighted by Gasteiger charge is -2.18. The Morgan fingerprint density at radius 1 is 1.10 bits per heavy atom. The van der Waals surface area contributed by atoms with E-state index in [1.54, 1.807) is 6.92 Å². The first-order valence-corrected chi connectivity index (χ1v) is 8.72. The fraction of sp³-hybridized carbons (Fsp3) is 0.571. The summed E-state index contributed by atoms with van der Waals surface area (Å²) in [6, 6.07) is 5.95. The van der Waals surface area contributed by atoms with Crippen molar-refractivity contribution in [1.29, 1.82) is 0 Å². The van der Waals surface area contributed by atoms with E-state index < -0.39 is 10.2 Å². The van der Waals surface area contributed by atoms with E-state index in [1.807, 2.05) is 18.2 Å². The van der Waals surface area contributed by atoms with E-state index in [9.17, 15) is 8.42 Å². The van der Waals surface area contributed by atoms with Gasteiger partial charge in [0.15, 0.2) is 11.5 Å². The van der Waals surface area contributed by atoms with E-state index in [2.05, 4.69) is 9.44 Å². The molecule has 0 amide bonds. The third-order valence-corrected chi connectivity index (χ3v) is 4.38. The Balaban J connectivity index is 1.72. The number of rotatable bonds is 8. The number of aryl methyl sites for hydroxylation is 1. The number of fused-ring (bicyclic) bond motifs is 1. The molecule has 0 saturated heterocycles. The highest BCUT2D eigenvalue weighted by molar-refractivity contribution is 7.87. The van der Waals surface area contributed by atoms with Gasteiger partial charge in [-0.15, -0.1) is 0 Å². The zero-order valence-corrected chi connectivity index (χ0v) is 13.0. The average molecular weight is 314 g/mol. The molecule has 21 heavy (non-hydrogen) atoms. The number of hydrogen-bond donors (Lipinski definition) is 2. The zero-order valence-electron chi connectivity index (χ0n) is 12.2. The highest BCUT2D eigenvalue weighted by Crippen LogP contribution is 2.31. The summed E-state index contributed by atoms with van der Waals surface area (Å²) in [5.74, 6) is 1.59. The van der Waals surface area contributed by atoms with E-state index in [1.165, 1.54) is 5.56 Å². The first kappa shape index (κ1) is 16.1. The van der Waals surface area contributed by atoms with Gasteiger partial charge in [-0.05, 0) is 37.0 Å².